The molecule has 0 aliphatic carbocycles. The van der Waals surface area contributed by atoms with E-state index in [0.29, 0.717) is 11.3 Å². The first-order chi connectivity index (χ1) is 17.5. The molecule has 11 heteroatoms. The Bertz CT molecular complexity index is 1320. The normalized spacial score (nSPS) is 11.6. The monoisotopic (exact) mass is 524 g/mol. The van der Waals surface area contributed by atoms with E-state index in [1.165, 1.54) is 30.6 Å². The van der Waals surface area contributed by atoms with Gasteiger partial charge < -0.3 is 9.47 Å². The van der Waals surface area contributed by atoms with Gasteiger partial charge in [0.25, 0.3) is 15.9 Å². The van der Waals surface area contributed by atoms with Crippen molar-refractivity contribution >= 4 is 33.9 Å². The molecule has 37 heavy (non-hydrogen) atoms. The summed E-state index contributed by atoms with van der Waals surface area (Å²) >= 11 is 0. The Morgan fingerprint density at radius 2 is 1.68 bits per heavy atom. The summed E-state index contributed by atoms with van der Waals surface area (Å²) in [5.41, 5.74) is 2.39. The highest BCUT2D eigenvalue weighted by atomic mass is 32.2. The minimum Gasteiger partial charge on any atom is -0.482 e. The summed E-state index contributed by atoms with van der Waals surface area (Å²) < 4.78 is 37.9. The number of nitrogens with zero attached hydrogens (tertiary/aromatic N) is 3. The van der Waals surface area contributed by atoms with Crippen LogP contribution in [0.4, 0.5) is 5.82 Å². The van der Waals surface area contributed by atoms with E-state index in [9.17, 15) is 18.0 Å². The zero-order valence-corrected chi connectivity index (χ0v) is 21.5. The Balaban J connectivity index is 1.60. The van der Waals surface area contributed by atoms with E-state index in [1.54, 1.807) is 75.4 Å². The van der Waals surface area contributed by atoms with Crippen molar-refractivity contribution in [1.29, 1.82) is 0 Å². The third-order valence-electron chi connectivity index (χ3n) is 4.58. The number of rotatable bonds is 10. The molecule has 0 saturated heterocycles. The Morgan fingerprint density at radius 3 is 2.30 bits per heavy atom. The van der Waals surface area contributed by atoms with Gasteiger partial charge in [0.15, 0.2) is 6.61 Å². The van der Waals surface area contributed by atoms with Crippen LogP contribution in [-0.4, -0.2) is 50.2 Å². The number of aromatic nitrogens is 1. The van der Waals surface area contributed by atoms with E-state index in [0.717, 1.165) is 4.31 Å². The number of sulfonamides is 1. The number of carbonyl (C=O) groups excluding carboxylic acids is 2. The first kappa shape index (κ1) is 27.3. The molecule has 194 valence electrons. The Hall–Kier alpha value is -4.25. The van der Waals surface area contributed by atoms with Crippen molar-refractivity contribution in [2.75, 3.05) is 17.5 Å². The van der Waals surface area contributed by atoms with Crippen LogP contribution in [0.1, 0.15) is 26.3 Å². The minimum absolute atomic E-state index is 0.0333. The van der Waals surface area contributed by atoms with Gasteiger partial charge in [-0.25, -0.2) is 27.9 Å². The lowest BCUT2D eigenvalue weighted by molar-refractivity contribution is -0.157. The summed E-state index contributed by atoms with van der Waals surface area (Å²) in [5.74, 6) is -0.565. The zero-order chi connectivity index (χ0) is 26.9. The zero-order valence-electron chi connectivity index (χ0n) is 20.7. The van der Waals surface area contributed by atoms with E-state index in [2.05, 4.69) is 15.5 Å². The van der Waals surface area contributed by atoms with Crippen LogP contribution in [0.15, 0.2) is 89.0 Å². The van der Waals surface area contributed by atoms with E-state index < -0.39 is 34.0 Å². The molecule has 1 amide bonds. The Kier molecular flexibility index (Phi) is 8.96. The number of hydrogen-bond acceptors (Lipinski definition) is 8. The lowest BCUT2D eigenvalue weighted by atomic mass is 10.2. The summed E-state index contributed by atoms with van der Waals surface area (Å²) in [5, 5.41) is 3.91. The Labute approximate surface area is 216 Å². The summed E-state index contributed by atoms with van der Waals surface area (Å²) in [7, 11) is -4.04. The van der Waals surface area contributed by atoms with Gasteiger partial charge in [-0.3, -0.25) is 4.79 Å². The quantitative estimate of drug-likeness (QED) is 0.245. The standard InChI is InChI=1S/C26H28N4O6S/c1-26(2,3)36-25(32)19-35-21-14-12-20(13-15-21)17-28-29-24(31)18-30(23-11-7-8-16-27-23)37(33,34)22-9-5-4-6-10-22/h4-17H,18-19H2,1-3H3,(H,29,31)/b28-17-. The highest BCUT2D eigenvalue weighted by Crippen LogP contribution is 2.21. The number of anilines is 1. The van der Waals surface area contributed by atoms with Gasteiger partial charge in [-0.05, 0) is 74.9 Å². The molecule has 0 aliphatic heterocycles. The molecule has 0 aliphatic rings. The fraction of sp³-hybridized carbons (Fsp3) is 0.231. The largest absolute Gasteiger partial charge is 0.482 e. The molecule has 2 aromatic carbocycles. The molecule has 0 atom stereocenters. The number of benzene rings is 2. The molecule has 10 nitrogen and oxygen atoms in total. The van der Waals surface area contributed by atoms with Crippen molar-refractivity contribution in [2.45, 2.75) is 31.3 Å². The van der Waals surface area contributed by atoms with Gasteiger partial charge in [-0.1, -0.05) is 24.3 Å². The lowest BCUT2D eigenvalue weighted by Crippen LogP contribution is -2.40. The fourth-order valence-corrected chi connectivity index (χ4v) is 4.42. The molecule has 3 rings (SSSR count). The molecule has 0 radical (unpaired) electrons. The predicted octanol–water partition coefficient (Wildman–Crippen LogP) is 3.15. The first-order valence-corrected chi connectivity index (χ1v) is 12.7. The fourth-order valence-electron chi connectivity index (χ4n) is 3.02. The number of hydrazone groups is 1. The van der Waals surface area contributed by atoms with Gasteiger partial charge in [-0.15, -0.1) is 0 Å². The molecule has 1 N–H and O–H groups in total. The first-order valence-electron chi connectivity index (χ1n) is 11.3. The predicted molar refractivity (Wildman–Crippen MR) is 139 cm³/mol. The SMILES string of the molecule is CC(C)(C)OC(=O)COc1ccc(/C=N\NC(=O)CN(c2ccccn2)S(=O)(=O)c2ccccc2)cc1. The topological polar surface area (TPSA) is 127 Å². The van der Waals surface area contributed by atoms with Gasteiger partial charge in [0.1, 0.15) is 23.7 Å². The average Bonchev–Trinajstić information content (AvgIpc) is 2.87. The van der Waals surface area contributed by atoms with Gasteiger partial charge in [-0.2, -0.15) is 5.10 Å². The third-order valence-corrected chi connectivity index (χ3v) is 6.35. The molecule has 1 heterocycles. The van der Waals surface area contributed by atoms with E-state index in [1.807, 2.05) is 0 Å². The number of esters is 1. The summed E-state index contributed by atoms with van der Waals surface area (Å²) in [6, 6.07) is 19.2. The number of pyridine rings is 1. The van der Waals surface area contributed by atoms with E-state index in [-0.39, 0.29) is 17.3 Å². The summed E-state index contributed by atoms with van der Waals surface area (Å²) in [6.07, 6.45) is 2.84. The van der Waals surface area contributed by atoms with Crippen LogP contribution in [0.25, 0.3) is 0 Å². The van der Waals surface area contributed by atoms with Gasteiger partial charge >= 0.3 is 5.97 Å². The van der Waals surface area contributed by atoms with Crippen molar-refractivity contribution in [3.8, 4) is 5.75 Å². The maximum Gasteiger partial charge on any atom is 0.344 e. The van der Waals surface area contributed by atoms with Crippen molar-refractivity contribution in [2.24, 2.45) is 5.10 Å². The van der Waals surface area contributed by atoms with Gasteiger partial charge in [0.05, 0.1) is 11.1 Å². The number of ether oxygens (including phenoxy) is 2. The van der Waals surface area contributed by atoms with Crippen LogP contribution < -0.4 is 14.5 Å². The number of amides is 1. The Morgan fingerprint density at radius 1 is 1.00 bits per heavy atom. The second-order valence-electron chi connectivity index (χ2n) is 8.75. The lowest BCUT2D eigenvalue weighted by Gasteiger charge is -2.22. The van der Waals surface area contributed by atoms with Crippen molar-refractivity contribution < 1.29 is 27.5 Å². The highest BCUT2D eigenvalue weighted by Gasteiger charge is 2.27. The van der Waals surface area contributed by atoms with Crippen molar-refractivity contribution in [3.63, 3.8) is 0 Å². The molecule has 0 fully saturated rings. The average molecular weight is 525 g/mol. The highest BCUT2D eigenvalue weighted by molar-refractivity contribution is 7.92. The number of hydrogen-bond donors (Lipinski definition) is 1. The maximum absolute atomic E-state index is 13.2. The van der Waals surface area contributed by atoms with Crippen LogP contribution in [0, 0.1) is 0 Å². The van der Waals surface area contributed by atoms with Crippen molar-refractivity contribution in [1.82, 2.24) is 10.4 Å². The molecule has 0 saturated carbocycles. The number of nitrogens with one attached hydrogen (secondary N) is 1. The van der Waals surface area contributed by atoms with Crippen molar-refractivity contribution in [3.05, 3.63) is 84.6 Å². The van der Waals surface area contributed by atoms with Crippen LogP contribution in [-0.2, 0) is 24.3 Å². The maximum atomic E-state index is 13.2. The summed E-state index contributed by atoms with van der Waals surface area (Å²) in [6.45, 7) is 4.57. The second-order valence-corrected chi connectivity index (χ2v) is 10.6. The van der Waals surface area contributed by atoms with Crippen LogP contribution in [0.2, 0.25) is 0 Å². The number of carbonyl (C=O) groups is 2. The summed E-state index contributed by atoms with van der Waals surface area (Å²) in [4.78, 5) is 28.5. The van der Waals surface area contributed by atoms with Crippen LogP contribution >= 0.6 is 0 Å². The molecule has 1 aromatic heterocycles. The molecule has 3 aromatic rings. The minimum atomic E-state index is -4.04. The van der Waals surface area contributed by atoms with E-state index >= 15 is 0 Å². The molecule has 0 spiro atoms. The molecular weight excluding hydrogens is 496 g/mol. The molecular formula is C26H28N4O6S. The van der Waals surface area contributed by atoms with E-state index in [4.69, 9.17) is 9.47 Å². The van der Waals surface area contributed by atoms with Crippen LogP contribution in [0.5, 0.6) is 5.75 Å². The molecule has 0 bridgehead atoms. The second kappa shape index (κ2) is 12.1. The van der Waals surface area contributed by atoms with Gasteiger partial charge in [0.2, 0.25) is 0 Å². The third kappa shape index (κ3) is 8.43. The molecule has 0 unspecified atom stereocenters. The van der Waals surface area contributed by atoms with Crippen LogP contribution in [0.3, 0.4) is 0 Å². The van der Waals surface area contributed by atoms with Gasteiger partial charge in [0, 0.05) is 6.20 Å². The smallest absolute Gasteiger partial charge is 0.344 e.